The summed E-state index contributed by atoms with van der Waals surface area (Å²) in [5.41, 5.74) is 5.86. The van der Waals surface area contributed by atoms with Gasteiger partial charge in [0.2, 0.25) is 0 Å². The Bertz CT molecular complexity index is 935. The third kappa shape index (κ3) is 2.53. The zero-order valence-electron chi connectivity index (χ0n) is 13.5. The van der Waals surface area contributed by atoms with Gasteiger partial charge in [-0.25, -0.2) is 0 Å². The number of hydrogen-bond donors (Lipinski definition) is 2. The maximum absolute atomic E-state index is 6.33. The molecule has 124 valence electrons. The average Bonchev–Trinajstić information content (AvgIpc) is 2.92. The van der Waals surface area contributed by atoms with Crippen molar-refractivity contribution < 1.29 is 4.74 Å². The second kappa shape index (κ2) is 6.10. The van der Waals surface area contributed by atoms with Crippen molar-refractivity contribution in [2.45, 2.75) is 19.4 Å². The molecule has 1 atom stereocenters. The number of ether oxygens (including phenoxy) is 1. The molecule has 1 aliphatic heterocycles. The number of halogens is 2. The topological polar surface area (TPSA) is 37.0 Å². The van der Waals surface area contributed by atoms with Gasteiger partial charge in [0.05, 0.1) is 13.2 Å². The highest BCUT2D eigenvalue weighted by Crippen LogP contribution is 2.39. The molecule has 0 amide bonds. The number of nitrogens with one attached hydrogen (secondary N) is 2. The van der Waals surface area contributed by atoms with E-state index >= 15 is 0 Å². The van der Waals surface area contributed by atoms with Crippen LogP contribution >= 0.6 is 27.5 Å². The van der Waals surface area contributed by atoms with Crippen LogP contribution in [-0.4, -0.2) is 18.6 Å². The van der Waals surface area contributed by atoms with Gasteiger partial charge in [-0.15, -0.1) is 0 Å². The Morgan fingerprint density at radius 2 is 2.08 bits per heavy atom. The number of rotatable bonds is 2. The molecule has 0 radical (unpaired) electrons. The van der Waals surface area contributed by atoms with E-state index in [4.69, 9.17) is 16.3 Å². The summed E-state index contributed by atoms with van der Waals surface area (Å²) in [7, 11) is 1.71. The Morgan fingerprint density at radius 3 is 2.88 bits per heavy atom. The Hall–Kier alpha value is -1.49. The van der Waals surface area contributed by atoms with Crippen molar-refractivity contribution in [2.24, 2.45) is 0 Å². The lowest BCUT2D eigenvalue weighted by Crippen LogP contribution is -2.30. The normalized spacial score (nSPS) is 17.1. The van der Waals surface area contributed by atoms with Crippen molar-refractivity contribution >= 4 is 38.4 Å². The summed E-state index contributed by atoms with van der Waals surface area (Å²) in [6, 6.07) is 10.4. The largest absolute Gasteiger partial charge is 0.496 e. The van der Waals surface area contributed by atoms with Crippen molar-refractivity contribution in [3.63, 3.8) is 0 Å². The molecule has 1 aliphatic rings. The van der Waals surface area contributed by atoms with Gasteiger partial charge < -0.3 is 15.0 Å². The third-order valence-corrected chi connectivity index (χ3v) is 5.41. The van der Waals surface area contributed by atoms with Gasteiger partial charge in [0, 0.05) is 38.2 Å². The molecule has 0 fully saturated rings. The molecule has 3 nitrogen and oxygen atoms in total. The predicted molar refractivity (Wildman–Crippen MR) is 102 cm³/mol. The first-order chi connectivity index (χ1) is 11.6. The van der Waals surface area contributed by atoms with Crippen LogP contribution in [0.1, 0.15) is 28.4 Å². The SMILES string of the molecule is COc1c(C)cc(Cl)cc1C1NCCc2c1[nH]c1ccc(Br)cc21. The van der Waals surface area contributed by atoms with Gasteiger partial charge in [0.15, 0.2) is 0 Å². The van der Waals surface area contributed by atoms with E-state index in [1.165, 1.54) is 16.6 Å². The Kier molecular flexibility index (Phi) is 4.07. The lowest BCUT2D eigenvalue weighted by atomic mass is 9.93. The van der Waals surface area contributed by atoms with Crippen molar-refractivity contribution in [2.75, 3.05) is 13.7 Å². The van der Waals surface area contributed by atoms with Crippen LogP contribution in [0, 0.1) is 6.92 Å². The second-order valence-electron chi connectivity index (χ2n) is 6.19. The van der Waals surface area contributed by atoms with Crippen molar-refractivity contribution in [1.29, 1.82) is 0 Å². The fourth-order valence-electron chi connectivity index (χ4n) is 3.71. The predicted octanol–water partition coefficient (Wildman–Crippen LogP) is 5.14. The second-order valence-corrected chi connectivity index (χ2v) is 7.54. The quantitative estimate of drug-likeness (QED) is 0.620. The highest BCUT2D eigenvalue weighted by molar-refractivity contribution is 9.10. The van der Waals surface area contributed by atoms with Gasteiger partial charge in [-0.3, -0.25) is 0 Å². The van der Waals surface area contributed by atoms with Crippen LogP contribution in [0.5, 0.6) is 5.75 Å². The summed E-state index contributed by atoms with van der Waals surface area (Å²) < 4.78 is 6.77. The Labute approximate surface area is 154 Å². The number of aryl methyl sites for hydroxylation is 1. The first kappa shape index (κ1) is 16.0. The molecule has 1 aromatic heterocycles. The van der Waals surface area contributed by atoms with Gasteiger partial charge in [-0.2, -0.15) is 0 Å². The fraction of sp³-hybridized carbons (Fsp3) is 0.263. The van der Waals surface area contributed by atoms with E-state index in [9.17, 15) is 0 Å². The molecule has 5 heteroatoms. The van der Waals surface area contributed by atoms with E-state index in [1.807, 2.05) is 19.1 Å². The minimum atomic E-state index is 0.0484. The van der Waals surface area contributed by atoms with Gasteiger partial charge in [-0.1, -0.05) is 27.5 Å². The number of hydrogen-bond acceptors (Lipinski definition) is 2. The molecule has 0 bridgehead atoms. The molecule has 0 spiro atoms. The first-order valence-corrected chi connectivity index (χ1v) is 9.13. The molecule has 3 aromatic rings. The van der Waals surface area contributed by atoms with Crippen molar-refractivity contribution in [3.8, 4) is 5.75 Å². The summed E-state index contributed by atoms with van der Waals surface area (Å²) in [6.07, 6.45) is 1.00. The van der Waals surface area contributed by atoms with Gasteiger partial charge >= 0.3 is 0 Å². The average molecular weight is 406 g/mol. The molecule has 1 unspecified atom stereocenters. The lowest BCUT2D eigenvalue weighted by Gasteiger charge is -2.27. The number of aromatic nitrogens is 1. The zero-order valence-corrected chi connectivity index (χ0v) is 15.9. The van der Waals surface area contributed by atoms with Gasteiger partial charge in [0.25, 0.3) is 0 Å². The van der Waals surface area contributed by atoms with E-state index in [2.05, 4.69) is 44.4 Å². The van der Waals surface area contributed by atoms with Crippen LogP contribution in [0.15, 0.2) is 34.8 Å². The summed E-state index contributed by atoms with van der Waals surface area (Å²) in [5.74, 6) is 0.893. The highest BCUT2D eigenvalue weighted by atomic mass is 79.9. The summed E-state index contributed by atoms with van der Waals surface area (Å²) in [4.78, 5) is 3.60. The number of H-pyrrole nitrogens is 1. The van der Waals surface area contributed by atoms with E-state index in [0.717, 1.165) is 44.9 Å². The molecule has 2 heterocycles. The van der Waals surface area contributed by atoms with Crippen molar-refractivity contribution in [3.05, 3.63) is 62.2 Å². The van der Waals surface area contributed by atoms with Crippen LogP contribution in [0.2, 0.25) is 5.02 Å². The molecular weight excluding hydrogens is 388 g/mol. The monoisotopic (exact) mass is 404 g/mol. The fourth-order valence-corrected chi connectivity index (χ4v) is 4.36. The number of benzene rings is 2. The molecule has 0 saturated heterocycles. The summed E-state index contributed by atoms with van der Waals surface area (Å²) >= 11 is 9.91. The molecule has 2 N–H and O–H groups in total. The molecule has 4 rings (SSSR count). The number of methoxy groups -OCH3 is 1. The molecule has 0 aliphatic carbocycles. The van der Waals surface area contributed by atoms with Gasteiger partial charge in [-0.05, 0) is 54.8 Å². The Morgan fingerprint density at radius 1 is 1.25 bits per heavy atom. The van der Waals surface area contributed by atoms with Crippen LogP contribution < -0.4 is 10.1 Å². The van der Waals surface area contributed by atoms with Gasteiger partial charge in [0.1, 0.15) is 5.75 Å². The molecule has 24 heavy (non-hydrogen) atoms. The highest BCUT2D eigenvalue weighted by Gasteiger charge is 2.28. The molecule has 0 saturated carbocycles. The van der Waals surface area contributed by atoms with Crippen LogP contribution in [0.25, 0.3) is 10.9 Å². The van der Waals surface area contributed by atoms with Crippen LogP contribution in [-0.2, 0) is 6.42 Å². The number of fused-ring (bicyclic) bond motifs is 3. The van der Waals surface area contributed by atoms with Crippen molar-refractivity contribution in [1.82, 2.24) is 10.3 Å². The smallest absolute Gasteiger partial charge is 0.127 e. The lowest BCUT2D eigenvalue weighted by molar-refractivity contribution is 0.399. The Balaban J connectivity index is 1.93. The van der Waals surface area contributed by atoms with Crippen LogP contribution in [0.4, 0.5) is 0 Å². The van der Waals surface area contributed by atoms with E-state index in [0.29, 0.717) is 0 Å². The zero-order chi connectivity index (χ0) is 16.8. The third-order valence-electron chi connectivity index (χ3n) is 4.70. The van der Waals surface area contributed by atoms with E-state index in [-0.39, 0.29) is 6.04 Å². The minimum absolute atomic E-state index is 0.0484. The summed E-state index contributed by atoms with van der Waals surface area (Å²) in [5, 5.41) is 5.63. The molecular formula is C19H18BrClN2O. The summed E-state index contributed by atoms with van der Waals surface area (Å²) in [6.45, 7) is 2.95. The minimum Gasteiger partial charge on any atom is -0.496 e. The van der Waals surface area contributed by atoms with E-state index < -0.39 is 0 Å². The molecule has 2 aromatic carbocycles. The standard InChI is InChI=1S/C19H18BrClN2O/c1-10-7-12(21)9-15(19(10)24-2)17-18-13(5-6-22-17)14-8-11(20)3-4-16(14)23-18/h3-4,7-9,17,22-23H,5-6H2,1-2H3. The first-order valence-electron chi connectivity index (χ1n) is 7.96. The van der Waals surface area contributed by atoms with E-state index in [1.54, 1.807) is 7.11 Å². The number of aromatic amines is 1. The van der Waals surface area contributed by atoms with Crippen LogP contribution in [0.3, 0.4) is 0 Å². The maximum Gasteiger partial charge on any atom is 0.127 e. The maximum atomic E-state index is 6.33.